The van der Waals surface area contributed by atoms with Gasteiger partial charge in [-0.1, -0.05) is 96.1 Å². The standard InChI is InChI=1S/C18H21ClN2O3S.C10H10ClNO2.C10H13NO3S.C9H12ClN.C8H10ClNO.CH3ClO2S/c1-25(22,23)21-9-8-15-11-17(6-5-16(15)13-21)24-10-2-3-14-4-7-18(19)20-12-14;1-2-14-10(13)6-4-8-3-5-9(11)12-7-8;1-15(13,14)11-5-4-8-6-10(12)3-2-9(8)7-11;1-2-3-4-8-5-6-9(10)11-7-8;9-8-4-3-7(6-10-8)2-1-5-11;1-5(2,3)4/h4-7,11-12H,2-3,8-10,13H2,1H3;3-7H,2H2,1H3;2-3,6,12H,4-5,7H2,1H3;5-7H,2-4H2,1H3;3-4,6,11H,1-2,5H2;1H3/b;6-4+;;;;. The van der Waals surface area contributed by atoms with Crippen LogP contribution in [0.4, 0.5) is 0 Å². The summed E-state index contributed by atoms with van der Waals surface area (Å²) < 4.78 is 78.3. The van der Waals surface area contributed by atoms with Gasteiger partial charge in [0.05, 0.1) is 32.0 Å². The molecule has 0 radical (unpaired) electrons. The maximum Gasteiger partial charge on any atom is 0.330 e. The number of hydrogen-bond acceptors (Lipinski definition) is 15. The van der Waals surface area contributed by atoms with E-state index in [1.54, 1.807) is 74.1 Å². The van der Waals surface area contributed by atoms with Crippen molar-refractivity contribution in [1.82, 2.24) is 28.5 Å². The minimum atomic E-state index is -3.19. The Morgan fingerprint density at radius 2 is 1.05 bits per heavy atom. The van der Waals surface area contributed by atoms with Crippen LogP contribution in [-0.2, 0) is 83.8 Å². The summed E-state index contributed by atoms with van der Waals surface area (Å²) in [5.74, 6) is 0.713. The number of unbranched alkanes of at least 4 members (excludes halogenated alkanes) is 1. The smallest absolute Gasteiger partial charge is 0.330 e. The first-order valence-corrected chi connectivity index (χ1v) is 33.4. The second-order valence-electron chi connectivity index (χ2n) is 18.1. The molecule has 0 bridgehead atoms. The molecule has 2 N–H and O–H groups in total. The van der Waals surface area contributed by atoms with E-state index in [-0.39, 0.29) is 18.3 Å². The van der Waals surface area contributed by atoms with Gasteiger partial charge in [-0.3, -0.25) is 0 Å². The summed E-state index contributed by atoms with van der Waals surface area (Å²) in [5, 5.41) is 19.8. The molecule has 4 aromatic heterocycles. The highest BCUT2D eigenvalue weighted by Gasteiger charge is 2.24. The van der Waals surface area contributed by atoms with E-state index in [2.05, 4.69) is 37.5 Å². The normalized spacial score (nSPS) is 13.1. The van der Waals surface area contributed by atoms with Crippen LogP contribution in [-0.4, -0.2) is 122 Å². The molecule has 0 saturated heterocycles. The molecule has 0 amide bonds. The van der Waals surface area contributed by atoms with Crippen molar-refractivity contribution in [2.24, 2.45) is 0 Å². The van der Waals surface area contributed by atoms with E-state index in [0.717, 1.165) is 83.9 Å². The monoisotopic (exact) mass is 1270 g/mol. The van der Waals surface area contributed by atoms with Crippen LogP contribution in [0.15, 0.2) is 116 Å². The molecule has 8 rings (SSSR count). The number of aliphatic hydroxyl groups is 1. The molecular weight excluding hydrogens is 1210 g/mol. The topological polar surface area (TPSA) is 236 Å². The van der Waals surface area contributed by atoms with Gasteiger partial charge in [-0.15, -0.1) is 0 Å². The van der Waals surface area contributed by atoms with Crippen LogP contribution in [0.1, 0.15) is 84.0 Å². The number of nitrogens with zero attached hydrogens (tertiary/aromatic N) is 6. The number of rotatable bonds is 16. The highest BCUT2D eigenvalue weighted by atomic mass is 35.7. The third-order valence-electron chi connectivity index (χ3n) is 11.4. The molecule has 2 aliphatic heterocycles. The van der Waals surface area contributed by atoms with Crippen LogP contribution in [0.25, 0.3) is 6.08 Å². The largest absolute Gasteiger partial charge is 0.508 e. The minimum absolute atomic E-state index is 0.225. The van der Waals surface area contributed by atoms with Crippen molar-refractivity contribution < 1.29 is 49.7 Å². The lowest BCUT2D eigenvalue weighted by atomic mass is 10.0. The highest BCUT2D eigenvalue weighted by molar-refractivity contribution is 8.13. The number of phenols is 1. The number of carbonyl (C=O) groups is 1. The number of aliphatic hydroxyl groups excluding tert-OH is 1. The molecule has 25 heteroatoms. The van der Waals surface area contributed by atoms with Crippen molar-refractivity contribution in [1.29, 1.82) is 0 Å². The number of benzene rings is 2. The van der Waals surface area contributed by atoms with Crippen LogP contribution in [0, 0.1) is 0 Å². The van der Waals surface area contributed by atoms with Crippen LogP contribution in [0.3, 0.4) is 0 Å². The molecule has 2 aliphatic rings. The van der Waals surface area contributed by atoms with Crippen LogP contribution in [0.2, 0.25) is 20.6 Å². The first-order valence-electron chi connectivity index (χ1n) is 25.5. The number of phenolic OH excluding ortho intramolecular Hbond substituents is 1. The van der Waals surface area contributed by atoms with Crippen molar-refractivity contribution in [3.05, 3.63) is 181 Å². The summed E-state index contributed by atoms with van der Waals surface area (Å²) in [5.41, 5.74) is 8.57. The van der Waals surface area contributed by atoms with E-state index < -0.39 is 29.1 Å². The fraction of sp³-hybridized carbons (Fsp3) is 0.375. The molecule has 6 aromatic rings. The Bertz CT molecular complexity index is 3160. The zero-order valence-electron chi connectivity index (χ0n) is 45.7. The molecule has 2 aromatic carbocycles. The highest BCUT2D eigenvalue weighted by Crippen LogP contribution is 2.26. The van der Waals surface area contributed by atoms with Gasteiger partial charge >= 0.3 is 5.97 Å². The molecule has 17 nitrogen and oxygen atoms in total. The van der Waals surface area contributed by atoms with Gasteiger partial charge in [0.15, 0.2) is 0 Å². The zero-order chi connectivity index (χ0) is 60.0. The number of hydrogen-bond donors (Lipinski definition) is 2. The maximum atomic E-state index is 11.7. The Morgan fingerprint density at radius 1 is 0.605 bits per heavy atom. The Balaban J connectivity index is 0.000000270. The SMILES string of the molecule is CCCCc1ccc(Cl)nc1.CCOC(=O)/C=C/c1ccc(Cl)nc1.CS(=O)(=O)Cl.CS(=O)(=O)N1CCc2cc(O)ccc2C1.CS(=O)(=O)N1CCc2cc(OCCCc3ccc(Cl)nc3)ccc2C1.OCCCc1ccc(Cl)nc1. The Kier molecular flexibility index (Phi) is 31.7. The summed E-state index contributed by atoms with van der Waals surface area (Å²) >= 11 is 22.6. The fourth-order valence-electron chi connectivity index (χ4n) is 7.31. The van der Waals surface area contributed by atoms with Crippen LogP contribution in [0.5, 0.6) is 11.5 Å². The lowest BCUT2D eigenvalue weighted by molar-refractivity contribution is -0.137. The van der Waals surface area contributed by atoms with Gasteiger partial charge < -0.3 is 19.7 Å². The van der Waals surface area contributed by atoms with Crippen molar-refractivity contribution in [3.8, 4) is 11.5 Å². The number of pyridine rings is 4. The van der Waals surface area contributed by atoms with E-state index in [1.165, 1.54) is 51.2 Å². The third kappa shape index (κ3) is 30.8. The average molecular weight is 1280 g/mol. The van der Waals surface area contributed by atoms with Gasteiger partial charge in [0.2, 0.25) is 29.1 Å². The van der Waals surface area contributed by atoms with E-state index in [0.29, 0.717) is 66.4 Å². The number of aromatic hydroxyl groups is 1. The molecule has 0 atom stereocenters. The molecule has 0 saturated carbocycles. The van der Waals surface area contributed by atoms with Crippen molar-refractivity contribution in [2.75, 3.05) is 51.7 Å². The Hall–Kier alpha value is -4.97. The Labute approximate surface area is 501 Å². The third-order valence-corrected chi connectivity index (χ3v) is 14.8. The van der Waals surface area contributed by atoms with Gasteiger partial charge in [-0.25, -0.2) is 50.0 Å². The van der Waals surface area contributed by atoms with Gasteiger partial charge in [0.1, 0.15) is 32.1 Å². The van der Waals surface area contributed by atoms with Crippen molar-refractivity contribution >= 4 is 98.2 Å². The molecule has 0 unspecified atom stereocenters. The minimum Gasteiger partial charge on any atom is -0.508 e. The van der Waals surface area contributed by atoms with E-state index in [9.17, 15) is 35.2 Å². The number of esters is 1. The predicted molar refractivity (Wildman–Crippen MR) is 324 cm³/mol. The number of halogens is 5. The molecule has 442 valence electrons. The summed E-state index contributed by atoms with van der Waals surface area (Å²) in [6.45, 7) is 7.04. The van der Waals surface area contributed by atoms with E-state index in [4.69, 9.17) is 61.0 Å². The summed E-state index contributed by atoms with van der Waals surface area (Å²) in [7, 11) is -4.94. The first kappa shape index (κ1) is 70.3. The summed E-state index contributed by atoms with van der Waals surface area (Å²) in [6.07, 6.45) is 21.7. The number of ether oxygens (including phenoxy) is 2. The molecule has 0 aliphatic carbocycles. The Morgan fingerprint density at radius 3 is 1.47 bits per heavy atom. The van der Waals surface area contributed by atoms with Crippen LogP contribution < -0.4 is 4.74 Å². The average Bonchev–Trinajstić information content (AvgIpc) is 3.47. The first-order chi connectivity index (χ1) is 38.3. The lowest BCUT2D eigenvalue weighted by Gasteiger charge is -2.27. The van der Waals surface area contributed by atoms with E-state index >= 15 is 0 Å². The van der Waals surface area contributed by atoms with Gasteiger partial charge in [0, 0.05) is 74.3 Å². The molecule has 6 heterocycles. The molecule has 0 fully saturated rings. The zero-order valence-corrected chi connectivity index (χ0v) is 52.0. The van der Waals surface area contributed by atoms with Gasteiger partial charge in [0.25, 0.3) is 0 Å². The van der Waals surface area contributed by atoms with Crippen molar-refractivity contribution in [3.63, 3.8) is 0 Å². The van der Waals surface area contributed by atoms with Gasteiger partial charge in [-0.05, 0) is 157 Å². The van der Waals surface area contributed by atoms with Gasteiger partial charge in [-0.2, -0.15) is 8.61 Å². The van der Waals surface area contributed by atoms with E-state index in [1.807, 2.05) is 48.7 Å². The second kappa shape index (κ2) is 36.6. The fourth-order valence-corrected chi connectivity index (χ4v) is 9.35. The summed E-state index contributed by atoms with van der Waals surface area (Å²) in [6, 6.07) is 25.7. The number of sulfonamides is 2. The maximum absolute atomic E-state index is 11.7. The predicted octanol–water partition coefficient (Wildman–Crippen LogP) is 11.0. The second-order valence-corrected chi connectivity index (χ2v) is 26.7. The summed E-state index contributed by atoms with van der Waals surface area (Å²) in [4.78, 5) is 26.8. The molecule has 0 spiro atoms. The quantitative estimate of drug-likeness (QED) is 0.0301. The number of aromatic nitrogens is 4. The lowest BCUT2D eigenvalue weighted by Crippen LogP contribution is -2.35. The molecule has 81 heavy (non-hydrogen) atoms. The number of fused-ring (bicyclic) bond motifs is 2. The number of aryl methyl sites for hydroxylation is 3. The molecular formula is C56H69Cl5N6O11S3. The number of carbonyl (C=O) groups excluding carboxylic acids is 1. The van der Waals surface area contributed by atoms with Crippen molar-refractivity contribution in [2.45, 2.75) is 84.7 Å². The van der Waals surface area contributed by atoms with Crippen LogP contribution >= 0.6 is 57.1 Å².